The second-order valence-corrected chi connectivity index (χ2v) is 16.0. The molecule has 5 nitrogen and oxygen atoms in total. The molecule has 6 rings (SSSR count). The summed E-state index contributed by atoms with van der Waals surface area (Å²) in [6.07, 6.45) is 14.6. The molecule has 1 aromatic carbocycles. The molecule has 0 aromatic heterocycles. The van der Waals surface area contributed by atoms with Crippen LogP contribution in [0.25, 0.3) is 5.76 Å². The number of hydrogen-bond acceptors (Lipinski definition) is 5. The highest BCUT2D eigenvalue weighted by Gasteiger charge is 2.55. The predicted octanol–water partition coefficient (Wildman–Crippen LogP) is 8.79. The highest BCUT2D eigenvalue weighted by Crippen LogP contribution is 2.62. The largest absolute Gasteiger partial charge is 0.493 e. The number of carbonyl (C=O) groups excluding carboxylic acids is 2. The van der Waals surface area contributed by atoms with Crippen LogP contribution in [0.1, 0.15) is 137 Å². The van der Waals surface area contributed by atoms with Gasteiger partial charge in [-0.15, -0.1) is 0 Å². The van der Waals surface area contributed by atoms with Crippen molar-refractivity contribution in [2.75, 3.05) is 13.2 Å². The van der Waals surface area contributed by atoms with Crippen LogP contribution in [0, 0.1) is 34.5 Å². The lowest BCUT2D eigenvalue weighted by Crippen LogP contribution is -2.24. The molecule has 0 amide bonds. The molecule has 0 radical (unpaired) electrons. The maximum absolute atomic E-state index is 13.5. The molecular formula is C37H52O5. The van der Waals surface area contributed by atoms with Gasteiger partial charge < -0.3 is 14.2 Å². The molecule has 5 fully saturated rings. The van der Waals surface area contributed by atoms with Crippen molar-refractivity contribution in [1.29, 1.82) is 0 Å². The first kappa shape index (κ1) is 29.9. The Hall–Kier alpha value is -2.14. The average Bonchev–Trinajstić information content (AvgIpc) is 3.85. The van der Waals surface area contributed by atoms with Gasteiger partial charge in [0.25, 0.3) is 0 Å². The van der Waals surface area contributed by atoms with Crippen molar-refractivity contribution in [3.8, 4) is 0 Å². The number of ketones is 1. The predicted molar refractivity (Wildman–Crippen MR) is 165 cm³/mol. The van der Waals surface area contributed by atoms with E-state index in [1.165, 1.54) is 38.5 Å². The minimum absolute atomic E-state index is 0.0845. The molecule has 6 unspecified atom stereocenters. The van der Waals surface area contributed by atoms with E-state index >= 15 is 0 Å². The lowest BCUT2D eigenvalue weighted by atomic mass is 9.72. The molecule has 1 heterocycles. The van der Waals surface area contributed by atoms with Gasteiger partial charge in [0, 0.05) is 17.5 Å². The van der Waals surface area contributed by atoms with Crippen molar-refractivity contribution in [2.24, 2.45) is 34.5 Å². The molecular weight excluding hydrogens is 524 g/mol. The SMILES string of the molecule is C=C(OCC1CCC2(C)OC2C1)c1cc(C(=O)CCC2CCC(C)(C)CC2)cc(C(=O)OCC2CCC3(C)CC3C2)c1. The molecule has 6 atom stereocenters. The zero-order valence-corrected chi connectivity index (χ0v) is 26.5. The Labute approximate surface area is 253 Å². The van der Waals surface area contributed by atoms with Gasteiger partial charge in [0.15, 0.2) is 5.78 Å². The van der Waals surface area contributed by atoms with Crippen LogP contribution in [-0.2, 0) is 14.2 Å². The third kappa shape index (κ3) is 6.82. The van der Waals surface area contributed by atoms with Gasteiger partial charge >= 0.3 is 5.97 Å². The molecule has 1 aromatic rings. The molecule has 5 heteroatoms. The highest BCUT2D eigenvalue weighted by molar-refractivity contribution is 6.00. The Morgan fingerprint density at radius 2 is 1.48 bits per heavy atom. The smallest absolute Gasteiger partial charge is 0.338 e. The summed E-state index contributed by atoms with van der Waals surface area (Å²) in [5.41, 5.74) is 2.73. The van der Waals surface area contributed by atoms with E-state index in [4.69, 9.17) is 14.2 Å². The van der Waals surface area contributed by atoms with Gasteiger partial charge in [-0.2, -0.15) is 0 Å². The Balaban J connectivity index is 1.10. The van der Waals surface area contributed by atoms with E-state index in [-0.39, 0.29) is 17.4 Å². The maximum atomic E-state index is 13.5. The van der Waals surface area contributed by atoms with Crippen molar-refractivity contribution in [3.05, 3.63) is 41.5 Å². The number of fused-ring (bicyclic) bond motifs is 2. The second kappa shape index (κ2) is 11.4. The number of hydrogen-bond donors (Lipinski definition) is 0. The monoisotopic (exact) mass is 576 g/mol. The van der Waals surface area contributed by atoms with E-state index in [1.807, 2.05) is 6.07 Å². The van der Waals surface area contributed by atoms with Gasteiger partial charge in [-0.1, -0.05) is 27.4 Å². The normalized spacial score (nSPS) is 35.0. The Bertz CT molecular complexity index is 1140. The van der Waals surface area contributed by atoms with E-state index in [1.54, 1.807) is 12.1 Å². The first-order valence-electron chi connectivity index (χ1n) is 16.8. The van der Waals surface area contributed by atoms with Gasteiger partial charge in [0.05, 0.1) is 30.5 Å². The fourth-order valence-corrected chi connectivity index (χ4v) is 8.13. The quantitative estimate of drug-likeness (QED) is 0.114. The molecule has 0 N–H and O–H groups in total. The average molecular weight is 577 g/mol. The maximum Gasteiger partial charge on any atom is 0.338 e. The molecule has 1 aliphatic heterocycles. The lowest BCUT2D eigenvalue weighted by molar-refractivity contribution is 0.0395. The zero-order valence-electron chi connectivity index (χ0n) is 26.5. The van der Waals surface area contributed by atoms with E-state index < -0.39 is 0 Å². The van der Waals surface area contributed by atoms with Gasteiger partial charge in [-0.25, -0.2) is 4.79 Å². The van der Waals surface area contributed by atoms with Crippen LogP contribution in [0.4, 0.5) is 0 Å². The lowest BCUT2D eigenvalue weighted by Gasteiger charge is -2.34. The van der Waals surface area contributed by atoms with Crippen LogP contribution < -0.4 is 0 Å². The molecule has 0 spiro atoms. The van der Waals surface area contributed by atoms with E-state index in [0.717, 1.165) is 44.4 Å². The fraction of sp³-hybridized carbons (Fsp3) is 0.730. The Morgan fingerprint density at radius 1 is 0.833 bits per heavy atom. The van der Waals surface area contributed by atoms with Crippen LogP contribution >= 0.6 is 0 Å². The number of esters is 1. The summed E-state index contributed by atoms with van der Waals surface area (Å²) in [4.78, 5) is 26.8. The molecule has 230 valence electrons. The molecule has 4 saturated carbocycles. The van der Waals surface area contributed by atoms with E-state index in [0.29, 0.717) is 76.8 Å². The van der Waals surface area contributed by atoms with E-state index in [2.05, 4.69) is 34.3 Å². The summed E-state index contributed by atoms with van der Waals surface area (Å²) in [6.45, 7) is 14.5. The Kier molecular flexibility index (Phi) is 8.13. The molecule has 42 heavy (non-hydrogen) atoms. The summed E-state index contributed by atoms with van der Waals surface area (Å²) >= 11 is 0. The van der Waals surface area contributed by atoms with Crippen molar-refractivity contribution in [1.82, 2.24) is 0 Å². The summed E-state index contributed by atoms with van der Waals surface area (Å²) in [6, 6.07) is 5.39. The zero-order chi connectivity index (χ0) is 29.7. The standard InChI is InChI=1S/C37H52O5/c1-24(40-22-27-11-15-37(5)33(17-27)42-37)28-18-29(32(38)7-6-25-8-12-35(2,3)13-9-25)20-30(19-28)34(39)41-23-26-10-14-36(4)21-31(36)16-26/h18-20,25-27,31,33H,1,6-17,21-23H2,2-5H3. The van der Waals surface area contributed by atoms with Gasteiger partial charge in [0.2, 0.25) is 0 Å². The number of ether oxygens (including phenoxy) is 3. The number of carbonyl (C=O) groups is 2. The van der Waals surface area contributed by atoms with Crippen LogP contribution in [0.5, 0.6) is 0 Å². The topological polar surface area (TPSA) is 65.1 Å². The van der Waals surface area contributed by atoms with Crippen molar-refractivity contribution >= 4 is 17.5 Å². The second-order valence-electron chi connectivity index (χ2n) is 16.0. The number of rotatable bonds is 11. The molecule has 5 aliphatic rings. The van der Waals surface area contributed by atoms with Crippen LogP contribution in [0.3, 0.4) is 0 Å². The van der Waals surface area contributed by atoms with Crippen LogP contribution in [0.15, 0.2) is 24.8 Å². The molecule has 0 bridgehead atoms. The van der Waals surface area contributed by atoms with Crippen molar-refractivity contribution in [2.45, 2.75) is 123 Å². The minimum atomic E-state index is -0.352. The summed E-state index contributed by atoms with van der Waals surface area (Å²) in [5.74, 6) is 2.51. The third-order valence-electron chi connectivity index (χ3n) is 11.9. The first-order valence-corrected chi connectivity index (χ1v) is 16.8. The highest BCUT2D eigenvalue weighted by atomic mass is 16.6. The minimum Gasteiger partial charge on any atom is -0.493 e. The van der Waals surface area contributed by atoms with Crippen LogP contribution in [-0.4, -0.2) is 36.7 Å². The van der Waals surface area contributed by atoms with Gasteiger partial charge in [-0.3, -0.25) is 4.79 Å². The van der Waals surface area contributed by atoms with Gasteiger partial charge in [-0.05, 0) is 137 Å². The van der Waals surface area contributed by atoms with Crippen molar-refractivity contribution < 1.29 is 23.8 Å². The summed E-state index contributed by atoms with van der Waals surface area (Å²) in [5, 5.41) is 0. The molecule has 1 saturated heterocycles. The Morgan fingerprint density at radius 3 is 2.21 bits per heavy atom. The number of Topliss-reactive ketones (excluding diaryl/α,β-unsaturated/α-hetero) is 1. The number of epoxide rings is 1. The molecule has 4 aliphatic carbocycles. The fourth-order valence-electron chi connectivity index (χ4n) is 8.13. The van der Waals surface area contributed by atoms with E-state index in [9.17, 15) is 9.59 Å². The summed E-state index contributed by atoms with van der Waals surface area (Å²) in [7, 11) is 0. The first-order chi connectivity index (χ1) is 19.9. The van der Waals surface area contributed by atoms with Crippen molar-refractivity contribution in [3.63, 3.8) is 0 Å². The third-order valence-corrected chi connectivity index (χ3v) is 11.9. The van der Waals surface area contributed by atoms with Gasteiger partial charge in [0.1, 0.15) is 5.76 Å². The number of benzene rings is 1. The summed E-state index contributed by atoms with van der Waals surface area (Å²) < 4.78 is 17.9. The van der Waals surface area contributed by atoms with Crippen LogP contribution in [0.2, 0.25) is 0 Å².